The Kier molecular flexibility index (Phi) is 6.71. The Balaban J connectivity index is 1.83. The van der Waals surface area contributed by atoms with E-state index >= 15 is 0 Å². The number of halogens is 4. The van der Waals surface area contributed by atoms with Gasteiger partial charge in [-0.15, -0.1) is 0 Å². The minimum atomic E-state index is -3.13. The number of alkyl halides is 4. The van der Waals surface area contributed by atoms with Gasteiger partial charge in [-0.25, -0.2) is 17.6 Å². The van der Waals surface area contributed by atoms with E-state index in [1.54, 1.807) is 31.2 Å². The molecule has 0 aliphatic rings. The van der Waals surface area contributed by atoms with E-state index in [0.717, 1.165) is 17.7 Å². The standard InChI is InChI=1S/C20H16F4N4O4/c1-11-4-2-3-5-17(11)32-14-7-12(6-13(8-14)28(30)31)25-18(29)10-27-16(20(23)24)9-15(26-27)19(21)22/h2-9,19-20H,10H2,1H3,(H,25,29). The average molecular weight is 452 g/mol. The number of ether oxygens (including phenoxy) is 1. The number of benzene rings is 2. The summed E-state index contributed by atoms with van der Waals surface area (Å²) in [5, 5.41) is 16.9. The van der Waals surface area contributed by atoms with Crippen molar-refractivity contribution in [3.05, 3.63) is 75.6 Å². The number of amides is 1. The summed E-state index contributed by atoms with van der Waals surface area (Å²) in [6, 6.07) is 10.9. The van der Waals surface area contributed by atoms with Crippen LogP contribution in [0.15, 0.2) is 48.5 Å². The van der Waals surface area contributed by atoms with Gasteiger partial charge in [-0.1, -0.05) is 18.2 Å². The molecule has 1 N–H and O–H groups in total. The highest BCUT2D eigenvalue weighted by atomic mass is 19.3. The number of aromatic nitrogens is 2. The molecular weight excluding hydrogens is 436 g/mol. The Morgan fingerprint density at radius 2 is 1.88 bits per heavy atom. The summed E-state index contributed by atoms with van der Waals surface area (Å²) in [7, 11) is 0. The molecule has 0 aliphatic carbocycles. The van der Waals surface area contributed by atoms with Gasteiger partial charge < -0.3 is 10.1 Å². The number of rotatable bonds is 8. The number of carbonyl (C=O) groups excluding carboxylic acids is 1. The monoisotopic (exact) mass is 452 g/mol. The summed E-state index contributed by atoms with van der Waals surface area (Å²) in [5.41, 5.74) is -1.42. The SMILES string of the molecule is Cc1ccccc1Oc1cc(NC(=O)Cn2nc(C(F)F)cc2C(F)F)cc([N+](=O)[O-])c1. The molecule has 0 bridgehead atoms. The number of nitro benzene ring substituents is 1. The fourth-order valence-electron chi connectivity index (χ4n) is 2.82. The van der Waals surface area contributed by atoms with Crippen LogP contribution in [0.1, 0.15) is 29.8 Å². The number of aryl methyl sites for hydroxylation is 1. The van der Waals surface area contributed by atoms with Crippen LogP contribution in [0.2, 0.25) is 0 Å². The predicted octanol–water partition coefficient (Wildman–Crippen LogP) is 5.41. The molecule has 3 aromatic rings. The number of nitrogens with one attached hydrogen (secondary N) is 1. The van der Waals surface area contributed by atoms with Crippen LogP contribution >= 0.6 is 0 Å². The number of nitro groups is 1. The normalized spacial score (nSPS) is 11.1. The molecule has 0 saturated heterocycles. The maximum Gasteiger partial charge on any atom is 0.282 e. The highest BCUT2D eigenvalue weighted by molar-refractivity contribution is 5.91. The van der Waals surface area contributed by atoms with E-state index in [1.165, 1.54) is 6.07 Å². The van der Waals surface area contributed by atoms with E-state index < -0.39 is 47.3 Å². The molecule has 168 valence electrons. The molecule has 0 spiro atoms. The summed E-state index contributed by atoms with van der Waals surface area (Å²) >= 11 is 0. The quantitative estimate of drug-likeness (QED) is 0.280. The van der Waals surface area contributed by atoms with E-state index in [0.29, 0.717) is 16.5 Å². The highest BCUT2D eigenvalue weighted by Gasteiger charge is 2.23. The zero-order chi connectivity index (χ0) is 23.4. The Bertz CT molecular complexity index is 1150. The van der Waals surface area contributed by atoms with Gasteiger partial charge >= 0.3 is 0 Å². The molecule has 0 saturated carbocycles. The molecule has 8 nitrogen and oxygen atoms in total. The summed E-state index contributed by atoms with van der Waals surface area (Å²) in [6.45, 7) is 0.969. The number of para-hydroxylation sites is 1. The molecule has 12 heteroatoms. The van der Waals surface area contributed by atoms with Crippen molar-refractivity contribution < 1.29 is 32.0 Å². The van der Waals surface area contributed by atoms with Crippen LogP contribution in [0.5, 0.6) is 11.5 Å². The lowest BCUT2D eigenvalue weighted by Crippen LogP contribution is -2.21. The molecule has 0 atom stereocenters. The van der Waals surface area contributed by atoms with Crippen molar-refractivity contribution in [1.29, 1.82) is 0 Å². The van der Waals surface area contributed by atoms with E-state index in [9.17, 15) is 32.5 Å². The molecule has 2 aromatic carbocycles. The lowest BCUT2D eigenvalue weighted by atomic mass is 10.2. The molecule has 1 aromatic heterocycles. The maximum absolute atomic E-state index is 13.1. The minimum Gasteiger partial charge on any atom is -0.457 e. The largest absolute Gasteiger partial charge is 0.457 e. The van der Waals surface area contributed by atoms with Crippen LogP contribution in [0.4, 0.5) is 28.9 Å². The Hall–Kier alpha value is -3.96. The van der Waals surface area contributed by atoms with Crippen molar-refractivity contribution in [2.24, 2.45) is 0 Å². The third-order valence-electron chi connectivity index (χ3n) is 4.28. The molecule has 32 heavy (non-hydrogen) atoms. The first-order chi connectivity index (χ1) is 15.1. The Labute approximate surface area is 178 Å². The first-order valence-electron chi connectivity index (χ1n) is 9.11. The van der Waals surface area contributed by atoms with Crippen LogP contribution in [-0.4, -0.2) is 20.6 Å². The summed E-state index contributed by atoms with van der Waals surface area (Å²) in [6.07, 6.45) is -6.22. The van der Waals surface area contributed by atoms with Gasteiger partial charge in [-0.3, -0.25) is 19.6 Å². The molecule has 0 radical (unpaired) electrons. The Morgan fingerprint density at radius 3 is 2.50 bits per heavy atom. The number of non-ortho nitro benzene ring substituents is 1. The van der Waals surface area contributed by atoms with E-state index in [4.69, 9.17) is 4.74 Å². The van der Waals surface area contributed by atoms with Crippen LogP contribution in [-0.2, 0) is 11.3 Å². The fourth-order valence-corrected chi connectivity index (χ4v) is 2.82. The smallest absolute Gasteiger partial charge is 0.282 e. The molecular formula is C20H16F4N4O4. The van der Waals surface area contributed by atoms with Gasteiger partial charge in [0.25, 0.3) is 18.5 Å². The van der Waals surface area contributed by atoms with Crippen LogP contribution in [0, 0.1) is 17.0 Å². The van der Waals surface area contributed by atoms with Gasteiger partial charge in [0.05, 0.1) is 16.7 Å². The second-order valence-electron chi connectivity index (χ2n) is 6.64. The molecule has 0 unspecified atom stereocenters. The van der Waals surface area contributed by atoms with Gasteiger partial charge in [-0.2, -0.15) is 5.10 Å². The molecule has 3 rings (SSSR count). The summed E-state index contributed by atoms with van der Waals surface area (Å²) in [5.74, 6) is -0.419. The van der Waals surface area contributed by atoms with E-state index in [-0.39, 0.29) is 11.4 Å². The number of hydrogen-bond donors (Lipinski definition) is 1. The van der Waals surface area contributed by atoms with Crippen LogP contribution in [0.25, 0.3) is 0 Å². The third kappa shape index (κ3) is 5.39. The predicted molar refractivity (Wildman–Crippen MR) is 105 cm³/mol. The molecule has 0 fully saturated rings. The lowest BCUT2D eigenvalue weighted by molar-refractivity contribution is -0.384. The number of nitrogens with zero attached hydrogens (tertiary/aromatic N) is 3. The highest BCUT2D eigenvalue weighted by Crippen LogP contribution is 2.31. The van der Waals surface area contributed by atoms with Crippen molar-refractivity contribution in [3.63, 3.8) is 0 Å². The van der Waals surface area contributed by atoms with Crippen molar-refractivity contribution in [2.45, 2.75) is 26.3 Å². The fraction of sp³-hybridized carbons (Fsp3) is 0.200. The van der Waals surface area contributed by atoms with Crippen molar-refractivity contribution >= 4 is 17.3 Å². The van der Waals surface area contributed by atoms with Crippen molar-refractivity contribution in [1.82, 2.24) is 9.78 Å². The van der Waals surface area contributed by atoms with Crippen LogP contribution in [0.3, 0.4) is 0 Å². The summed E-state index contributed by atoms with van der Waals surface area (Å²) < 4.78 is 57.9. The van der Waals surface area contributed by atoms with Gasteiger partial charge in [0, 0.05) is 12.1 Å². The number of anilines is 1. The van der Waals surface area contributed by atoms with Crippen molar-refractivity contribution in [3.8, 4) is 11.5 Å². The van der Waals surface area contributed by atoms with Gasteiger partial charge in [0.1, 0.15) is 29.4 Å². The minimum absolute atomic E-state index is 0.0485. The van der Waals surface area contributed by atoms with Crippen LogP contribution < -0.4 is 10.1 Å². The number of hydrogen-bond acceptors (Lipinski definition) is 5. The lowest BCUT2D eigenvalue weighted by Gasteiger charge is -2.11. The second kappa shape index (κ2) is 9.45. The summed E-state index contributed by atoms with van der Waals surface area (Å²) in [4.78, 5) is 22.9. The zero-order valence-electron chi connectivity index (χ0n) is 16.5. The number of carbonyl (C=O) groups is 1. The van der Waals surface area contributed by atoms with Gasteiger partial charge in [0.15, 0.2) is 0 Å². The van der Waals surface area contributed by atoms with Gasteiger partial charge in [-0.05, 0) is 24.6 Å². The van der Waals surface area contributed by atoms with Gasteiger partial charge in [0.2, 0.25) is 5.91 Å². The average Bonchev–Trinajstić information content (AvgIpc) is 3.14. The third-order valence-corrected chi connectivity index (χ3v) is 4.28. The second-order valence-corrected chi connectivity index (χ2v) is 6.64. The topological polar surface area (TPSA) is 99.3 Å². The van der Waals surface area contributed by atoms with E-state index in [1.807, 2.05) is 0 Å². The molecule has 0 aliphatic heterocycles. The maximum atomic E-state index is 13.1. The van der Waals surface area contributed by atoms with E-state index in [2.05, 4.69) is 10.4 Å². The van der Waals surface area contributed by atoms with Crippen molar-refractivity contribution in [2.75, 3.05) is 5.32 Å². The molecule has 1 heterocycles. The Morgan fingerprint density at radius 1 is 1.16 bits per heavy atom. The molecule has 1 amide bonds. The zero-order valence-corrected chi connectivity index (χ0v) is 16.5. The first-order valence-corrected chi connectivity index (χ1v) is 9.11. The first kappa shape index (κ1) is 22.7.